The maximum atomic E-state index is 11.3. The molecule has 1 aromatic rings. The molecule has 0 fully saturated rings. The fourth-order valence-electron chi connectivity index (χ4n) is 1.59. The molecule has 0 bridgehead atoms. The second kappa shape index (κ2) is 6.01. The standard InChI is InChI=1S/C16H26O2Si/c1-13(17)15-9-7-8-14(12-15)10-11-18-19(5,6)16(2,3)4/h7-9,12H,10-11H2,1-6H3. The molecular formula is C16H26O2Si. The van der Waals surface area contributed by atoms with Crippen LogP contribution in [0.3, 0.4) is 0 Å². The number of benzene rings is 1. The summed E-state index contributed by atoms with van der Waals surface area (Å²) in [6.07, 6.45) is 0.869. The number of carbonyl (C=O) groups excluding carboxylic acids is 1. The molecule has 0 aliphatic heterocycles. The van der Waals surface area contributed by atoms with E-state index in [0.717, 1.165) is 18.6 Å². The summed E-state index contributed by atoms with van der Waals surface area (Å²) in [6, 6.07) is 7.83. The number of Topliss-reactive ketones (excluding diaryl/α,β-unsaturated/α-hetero) is 1. The summed E-state index contributed by atoms with van der Waals surface area (Å²) in [4.78, 5) is 11.3. The summed E-state index contributed by atoms with van der Waals surface area (Å²) in [5.41, 5.74) is 1.95. The molecule has 0 aliphatic rings. The minimum atomic E-state index is -1.66. The van der Waals surface area contributed by atoms with Gasteiger partial charge in [-0.25, -0.2) is 0 Å². The molecule has 0 N–H and O–H groups in total. The van der Waals surface area contributed by atoms with Gasteiger partial charge in [0.25, 0.3) is 0 Å². The zero-order valence-electron chi connectivity index (χ0n) is 13.0. The highest BCUT2D eigenvalue weighted by Gasteiger charge is 2.36. The Kier molecular flexibility index (Phi) is 5.10. The lowest BCUT2D eigenvalue weighted by Gasteiger charge is -2.36. The number of carbonyl (C=O) groups is 1. The molecule has 1 aromatic carbocycles. The fraction of sp³-hybridized carbons (Fsp3) is 0.562. The normalized spacial score (nSPS) is 12.5. The van der Waals surface area contributed by atoms with Crippen molar-refractivity contribution in [2.24, 2.45) is 0 Å². The van der Waals surface area contributed by atoms with Crippen LogP contribution >= 0.6 is 0 Å². The molecule has 0 radical (unpaired) electrons. The van der Waals surface area contributed by atoms with Crippen LogP contribution in [-0.2, 0) is 10.8 Å². The van der Waals surface area contributed by atoms with E-state index in [0.29, 0.717) is 0 Å². The Balaban J connectivity index is 2.59. The summed E-state index contributed by atoms with van der Waals surface area (Å²) in [6.45, 7) is 13.6. The monoisotopic (exact) mass is 278 g/mol. The number of hydrogen-bond acceptors (Lipinski definition) is 2. The van der Waals surface area contributed by atoms with Crippen LogP contribution in [0, 0.1) is 0 Å². The number of hydrogen-bond donors (Lipinski definition) is 0. The molecule has 3 heteroatoms. The minimum Gasteiger partial charge on any atom is -0.416 e. The van der Waals surface area contributed by atoms with Gasteiger partial charge in [-0.15, -0.1) is 0 Å². The fourth-order valence-corrected chi connectivity index (χ4v) is 2.63. The van der Waals surface area contributed by atoms with Crippen LogP contribution in [0.1, 0.15) is 43.6 Å². The van der Waals surface area contributed by atoms with Gasteiger partial charge in [0.1, 0.15) is 0 Å². The number of ketones is 1. The van der Waals surface area contributed by atoms with E-state index in [9.17, 15) is 4.79 Å². The first-order chi connectivity index (χ1) is 8.63. The van der Waals surface area contributed by atoms with Crippen molar-refractivity contribution in [3.8, 4) is 0 Å². The van der Waals surface area contributed by atoms with Gasteiger partial charge in [-0.1, -0.05) is 39.0 Å². The molecule has 0 unspecified atom stereocenters. The van der Waals surface area contributed by atoms with Crippen molar-refractivity contribution in [1.29, 1.82) is 0 Å². The largest absolute Gasteiger partial charge is 0.416 e. The van der Waals surface area contributed by atoms with Gasteiger partial charge in [0.05, 0.1) is 0 Å². The molecule has 106 valence electrons. The van der Waals surface area contributed by atoms with Gasteiger partial charge >= 0.3 is 0 Å². The Morgan fingerprint density at radius 3 is 2.42 bits per heavy atom. The molecular weight excluding hydrogens is 252 g/mol. The van der Waals surface area contributed by atoms with E-state index in [1.165, 1.54) is 5.56 Å². The quantitative estimate of drug-likeness (QED) is 0.587. The Labute approximate surface area is 118 Å². The summed E-state index contributed by atoms with van der Waals surface area (Å²) >= 11 is 0. The molecule has 0 saturated heterocycles. The SMILES string of the molecule is CC(=O)c1cccc(CCO[Si](C)(C)C(C)(C)C)c1. The second-order valence-electron chi connectivity index (χ2n) is 6.62. The van der Waals surface area contributed by atoms with Crippen LogP contribution in [0.15, 0.2) is 24.3 Å². The first-order valence-corrected chi connectivity index (χ1v) is 9.78. The topological polar surface area (TPSA) is 26.3 Å². The molecule has 2 nitrogen and oxygen atoms in total. The van der Waals surface area contributed by atoms with Crippen molar-refractivity contribution >= 4 is 14.1 Å². The van der Waals surface area contributed by atoms with Crippen molar-refractivity contribution in [2.45, 2.75) is 52.2 Å². The van der Waals surface area contributed by atoms with E-state index in [1.807, 2.05) is 18.2 Å². The lowest BCUT2D eigenvalue weighted by molar-refractivity contribution is 0.101. The second-order valence-corrected chi connectivity index (χ2v) is 11.4. The average Bonchev–Trinajstić information content (AvgIpc) is 2.27. The summed E-state index contributed by atoms with van der Waals surface area (Å²) in [5, 5.41) is 0.244. The highest BCUT2D eigenvalue weighted by Crippen LogP contribution is 2.36. The molecule has 0 aromatic heterocycles. The van der Waals surface area contributed by atoms with Gasteiger partial charge in [-0.3, -0.25) is 4.79 Å². The molecule has 1 rings (SSSR count). The molecule has 19 heavy (non-hydrogen) atoms. The maximum Gasteiger partial charge on any atom is 0.191 e. The lowest BCUT2D eigenvalue weighted by atomic mass is 10.1. The maximum absolute atomic E-state index is 11.3. The van der Waals surface area contributed by atoms with Crippen molar-refractivity contribution in [1.82, 2.24) is 0 Å². The van der Waals surface area contributed by atoms with Crippen molar-refractivity contribution < 1.29 is 9.22 Å². The Morgan fingerprint density at radius 2 is 1.89 bits per heavy atom. The molecule has 0 heterocycles. The van der Waals surface area contributed by atoms with Crippen LogP contribution in [0.4, 0.5) is 0 Å². The average molecular weight is 278 g/mol. The van der Waals surface area contributed by atoms with Crippen LogP contribution in [-0.4, -0.2) is 20.7 Å². The first-order valence-electron chi connectivity index (χ1n) is 6.87. The van der Waals surface area contributed by atoms with Gasteiger partial charge in [0, 0.05) is 12.2 Å². The summed E-state index contributed by atoms with van der Waals surface area (Å²) in [7, 11) is -1.66. The molecule has 0 spiro atoms. The highest BCUT2D eigenvalue weighted by molar-refractivity contribution is 6.74. The van der Waals surface area contributed by atoms with E-state index in [4.69, 9.17) is 4.43 Å². The van der Waals surface area contributed by atoms with E-state index in [-0.39, 0.29) is 10.8 Å². The van der Waals surface area contributed by atoms with Gasteiger partial charge in [-0.2, -0.15) is 0 Å². The van der Waals surface area contributed by atoms with Crippen LogP contribution in [0.25, 0.3) is 0 Å². The van der Waals surface area contributed by atoms with E-state index < -0.39 is 8.32 Å². The molecule has 0 atom stereocenters. The lowest BCUT2D eigenvalue weighted by Crippen LogP contribution is -2.41. The van der Waals surface area contributed by atoms with E-state index >= 15 is 0 Å². The third-order valence-corrected chi connectivity index (χ3v) is 8.53. The van der Waals surface area contributed by atoms with E-state index in [2.05, 4.69) is 39.9 Å². The molecule has 0 saturated carbocycles. The van der Waals surface area contributed by atoms with Crippen LogP contribution < -0.4 is 0 Å². The van der Waals surface area contributed by atoms with E-state index in [1.54, 1.807) is 6.92 Å². The Morgan fingerprint density at radius 1 is 1.26 bits per heavy atom. The zero-order valence-corrected chi connectivity index (χ0v) is 14.0. The minimum absolute atomic E-state index is 0.118. The third kappa shape index (κ3) is 4.59. The zero-order chi connectivity index (χ0) is 14.7. The van der Waals surface area contributed by atoms with Gasteiger partial charge in [-0.05, 0) is 43.1 Å². The smallest absolute Gasteiger partial charge is 0.191 e. The predicted molar refractivity (Wildman–Crippen MR) is 83.3 cm³/mol. The number of rotatable bonds is 5. The van der Waals surface area contributed by atoms with Crippen LogP contribution in [0.5, 0.6) is 0 Å². The van der Waals surface area contributed by atoms with Crippen molar-refractivity contribution in [3.63, 3.8) is 0 Å². The molecule has 0 amide bonds. The highest BCUT2D eigenvalue weighted by atomic mass is 28.4. The molecule has 0 aliphatic carbocycles. The summed E-state index contributed by atoms with van der Waals surface area (Å²) < 4.78 is 6.15. The van der Waals surface area contributed by atoms with Gasteiger partial charge in [0.15, 0.2) is 14.1 Å². The summed E-state index contributed by atoms with van der Waals surface area (Å²) in [5.74, 6) is 0.118. The first kappa shape index (κ1) is 16.1. The van der Waals surface area contributed by atoms with Crippen molar-refractivity contribution in [2.75, 3.05) is 6.61 Å². The van der Waals surface area contributed by atoms with Gasteiger partial charge in [0.2, 0.25) is 0 Å². The Hall–Kier alpha value is -0.933. The Bertz CT molecular complexity index is 444. The van der Waals surface area contributed by atoms with Crippen molar-refractivity contribution in [3.05, 3.63) is 35.4 Å². The van der Waals surface area contributed by atoms with Gasteiger partial charge < -0.3 is 4.43 Å². The third-order valence-electron chi connectivity index (χ3n) is 3.99. The van der Waals surface area contributed by atoms with Crippen LogP contribution in [0.2, 0.25) is 18.1 Å². The predicted octanol–water partition coefficient (Wildman–Crippen LogP) is 4.45.